The standard InChI is InChI=1S/C21H24N4O3S/c26-21(24-12-8-19(9-13-24)25-14-11-22-16-25)7-10-23-29(27,28)20-6-5-17-3-1-2-4-18(17)15-20/h1-6,11,14-16,19,23H,7-10,12-13H2. The molecule has 152 valence electrons. The van der Waals surface area contributed by atoms with Crippen LogP contribution in [0, 0.1) is 0 Å². The van der Waals surface area contributed by atoms with Gasteiger partial charge >= 0.3 is 0 Å². The molecular weight excluding hydrogens is 388 g/mol. The third-order valence-electron chi connectivity index (χ3n) is 5.43. The van der Waals surface area contributed by atoms with Crippen LogP contribution in [0.3, 0.4) is 0 Å². The minimum atomic E-state index is -3.65. The zero-order valence-electron chi connectivity index (χ0n) is 16.1. The maximum Gasteiger partial charge on any atom is 0.240 e. The van der Waals surface area contributed by atoms with Gasteiger partial charge in [0, 0.05) is 44.5 Å². The largest absolute Gasteiger partial charge is 0.343 e. The first kappa shape index (κ1) is 19.6. The first-order chi connectivity index (χ1) is 14.0. The molecule has 8 heteroatoms. The number of imidazole rings is 1. The molecule has 4 rings (SSSR count). The number of carbonyl (C=O) groups excluding carboxylic acids is 1. The topological polar surface area (TPSA) is 84.3 Å². The highest BCUT2D eigenvalue weighted by Gasteiger charge is 2.23. The third-order valence-corrected chi connectivity index (χ3v) is 6.88. The average Bonchev–Trinajstić information content (AvgIpc) is 3.28. The van der Waals surface area contributed by atoms with Crippen LogP contribution in [0.25, 0.3) is 10.8 Å². The van der Waals surface area contributed by atoms with E-state index in [1.807, 2.05) is 41.7 Å². The van der Waals surface area contributed by atoms with Crippen LogP contribution in [-0.2, 0) is 14.8 Å². The minimum absolute atomic E-state index is 0.0182. The molecule has 0 radical (unpaired) electrons. The Bertz CT molecular complexity index is 1090. The van der Waals surface area contributed by atoms with E-state index in [-0.39, 0.29) is 23.8 Å². The lowest BCUT2D eigenvalue weighted by molar-refractivity contribution is -0.132. The van der Waals surface area contributed by atoms with Gasteiger partial charge in [-0.2, -0.15) is 0 Å². The van der Waals surface area contributed by atoms with E-state index in [0.29, 0.717) is 19.1 Å². The summed E-state index contributed by atoms with van der Waals surface area (Å²) >= 11 is 0. The second-order valence-corrected chi connectivity index (χ2v) is 9.05. The molecule has 29 heavy (non-hydrogen) atoms. The fraction of sp³-hybridized carbons (Fsp3) is 0.333. The molecule has 0 atom stereocenters. The van der Waals surface area contributed by atoms with E-state index >= 15 is 0 Å². The normalized spacial score (nSPS) is 15.7. The number of hydrogen-bond donors (Lipinski definition) is 1. The van der Waals surface area contributed by atoms with E-state index in [1.54, 1.807) is 24.4 Å². The summed E-state index contributed by atoms with van der Waals surface area (Å²) in [4.78, 5) is 18.6. The molecule has 0 saturated carbocycles. The summed E-state index contributed by atoms with van der Waals surface area (Å²) in [7, 11) is -3.65. The van der Waals surface area contributed by atoms with Crippen LogP contribution in [0.15, 0.2) is 66.1 Å². The summed E-state index contributed by atoms with van der Waals surface area (Å²) in [5.74, 6) is -0.0182. The lowest BCUT2D eigenvalue weighted by Crippen LogP contribution is -2.40. The van der Waals surface area contributed by atoms with Crippen molar-refractivity contribution in [2.75, 3.05) is 19.6 Å². The summed E-state index contributed by atoms with van der Waals surface area (Å²) in [5, 5.41) is 1.85. The number of piperidine rings is 1. The van der Waals surface area contributed by atoms with Gasteiger partial charge in [-0.15, -0.1) is 0 Å². The molecule has 2 aromatic carbocycles. The fourth-order valence-corrected chi connectivity index (χ4v) is 4.83. The van der Waals surface area contributed by atoms with Crippen LogP contribution in [0.2, 0.25) is 0 Å². The van der Waals surface area contributed by atoms with Gasteiger partial charge in [-0.3, -0.25) is 4.79 Å². The van der Waals surface area contributed by atoms with Crippen molar-refractivity contribution in [1.82, 2.24) is 19.2 Å². The van der Waals surface area contributed by atoms with E-state index < -0.39 is 10.0 Å². The summed E-state index contributed by atoms with van der Waals surface area (Å²) in [6.07, 6.45) is 7.44. The van der Waals surface area contributed by atoms with Crippen molar-refractivity contribution in [1.29, 1.82) is 0 Å². The molecule has 1 saturated heterocycles. The Hall–Kier alpha value is -2.71. The van der Waals surface area contributed by atoms with Crippen LogP contribution in [0.1, 0.15) is 25.3 Å². The SMILES string of the molecule is O=C(CCNS(=O)(=O)c1ccc2ccccc2c1)N1CCC(n2ccnc2)CC1. The van der Waals surface area contributed by atoms with Crippen LogP contribution in [0.4, 0.5) is 0 Å². The zero-order valence-corrected chi connectivity index (χ0v) is 16.9. The van der Waals surface area contributed by atoms with Crippen LogP contribution in [-0.4, -0.2) is 48.4 Å². The molecular formula is C21H24N4O3S. The van der Waals surface area contributed by atoms with Gasteiger partial charge < -0.3 is 9.47 Å². The average molecular weight is 413 g/mol. The van der Waals surface area contributed by atoms with Crippen molar-refractivity contribution in [3.05, 3.63) is 61.2 Å². The lowest BCUT2D eigenvalue weighted by atomic mass is 10.0. The van der Waals surface area contributed by atoms with Gasteiger partial charge in [-0.25, -0.2) is 18.1 Å². The van der Waals surface area contributed by atoms with E-state index in [0.717, 1.165) is 23.6 Å². The number of fused-ring (bicyclic) bond motifs is 1. The lowest BCUT2D eigenvalue weighted by Gasteiger charge is -2.32. The van der Waals surface area contributed by atoms with Gasteiger partial charge in [-0.1, -0.05) is 30.3 Å². The Labute approximate surface area is 170 Å². The number of carbonyl (C=O) groups is 1. The Balaban J connectivity index is 1.29. The van der Waals surface area contributed by atoms with Crippen molar-refractivity contribution in [2.45, 2.75) is 30.2 Å². The molecule has 3 aromatic rings. The molecule has 0 aliphatic carbocycles. The number of amides is 1. The number of nitrogens with one attached hydrogen (secondary N) is 1. The Morgan fingerprint density at radius 2 is 1.86 bits per heavy atom. The van der Waals surface area contributed by atoms with Gasteiger partial charge in [0.25, 0.3) is 0 Å². The van der Waals surface area contributed by atoms with Gasteiger partial charge in [0.15, 0.2) is 0 Å². The first-order valence-corrected chi connectivity index (χ1v) is 11.2. The molecule has 1 aliphatic heterocycles. The van der Waals surface area contributed by atoms with Crippen molar-refractivity contribution in [3.63, 3.8) is 0 Å². The zero-order chi connectivity index (χ0) is 20.3. The van der Waals surface area contributed by atoms with Crippen molar-refractivity contribution >= 4 is 26.7 Å². The number of sulfonamides is 1. The third kappa shape index (κ3) is 4.49. The maximum absolute atomic E-state index is 12.6. The summed E-state index contributed by atoms with van der Waals surface area (Å²) < 4.78 is 29.8. The van der Waals surface area contributed by atoms with Crippen molar-refractivity contribution < 1.29 is 13.2 Å². The maximum atomic E-state index is 12.6. The summed E-state index contributed by atoms with van der Waals surface area (Å²) in [6.45, 7) is 1.45. The monoisotopic (exact) mass is 412 g/mol. The number of nitrogens with zero attached hydrogens (tertiary/aromatic N) is 3. The smallest absolute Gasteiger partial charge is 0.240 e. The van der Waals surface area contributed by atoms with Gasteiger partial charge in [-0.05, 0) is 35.7 Å². The molecule has 1 amide bonds. The van der Waals surface area contributed by atoms with Crippen LogP contribution < -0.4 is 4.72 Å². The molecule has 0 spiro atoms. The van der Waals surface area contributed by atoms with E-state index in [2.05, 4.69) is 14.3 Å². The summed E-state index contributed by atoms with van der Waals surface area (Å²) in [5.41, 5.74) is 0. The molecule has 1 aliphatic rings. The van der Waals surface area contributed by atoms with E-state index in [4.69, 9.17) is 0 Å². The Morgan fingerprint density at radius 3 is 2.59 bits per heavy atom. The molecule has 1 N–H and O–H groups in total. The quantitative estimate of drug-likeness (QED) is 0.674. The first-order valence-electron chi connectivity index (χ1n) is 9.77. The highest BCUT2D eigenvalue weighted by atomic mass is 32.2. The highest BCUT2D eigenvalue weighted by molar-refractivity contribution is 7.89. The second kappa shape index (κ2) is 8.34. The van der Waals surface area contributed by atoms with Gasteiger partial charge in [0.2, 0.25) is 15.9 Å². The minimum Gasteiger partial charge on any atom is -0.343 e. The second-order valence-electron chi connectivity index (χ2n) is 7.28. The van der Waals surface area contributed by atoms with Crippen molar-refractivity contribution in [2.24, 2.45) is 0 Å². The predicted molar refractivity (Wildman–Crippen MR) is 111 cm³/mol. The van der Waals surface area contributed by atoms with Gasteiger partial charge in [0.05, 0.1) is 11.2 Å². The van der Waals surface area contributed by atoms with Crippen LogP contribution in [0.5, 0.6) is 0 Å². The van der Waals surface area contributed by atoms with Crippen molar-refractivity contribution in [3.8, 4) is 0 Å². The predicted octanol–water partition coefficient (Wildman–Crippen LogP) is 2.57. The van der Waals surface area contributed by atoms with Crippen LogP contribution >= 0.6 is 0 Å². The highest BCUT2D eigenvalue weighted by Crippen LogP contribution is 2.22. The Kier molecular flexibility index (Phi) is 5.64. The van der Waals surface area contributed by atoms with E-state index in [1.165, 1.54) is 0 Å². The molecule has 1 fully saturated rings. The molecule has 0 unspecified atom stereocenters. The molecule has 7 nitrogen and oxygen atoms in total. The number of rotatable bonds is 6. The number of hydrogen-bond acceptors (Lipinski definition) is 4. The Morgan fingerprint density at radius 1 is 1.10 bits per heavy atom. The molecule has 0 bridgehead atoms. The summed E-state index contributed by atoms with van der Waals surface area (Å²) in [6, 6.07) is 13.0. The molecule has 1 aromatic heterocycles. The number of likely N-dealkylation sites (tertiary alicyclic amines) is 1. The molecule has 2 heterocycles. The number of aromatic nitrogens is 2. The van der Waals surface area contributed by atoms with Gasteiger partial charge in [0.1, 0.15) is 0 Å². The van der Waals surface area contributed by atoms with E-state index in [9.17, 15) is 13.2 Å². The fourth-order valence-electron chi connectivity index (χ4n) is 3.77. The number of benzene rings is 2.